The highest BCUT2D eigenvalue weighted by atomic mass is 16.5. The summed E-state index contributed by atoms with van der Waals surface area (Å²) in [7, 11) is 5.31. The van der Waals surface area contributed by atoms with Crippen molar-refractivity contribution in [3.8, 4) is 17.1 Å². The summed E-state index contributed by atoms with van der Waals surface area (Å²) in [6, 6.07) is 5.00. The standard InChI is InChI=1S/C23H32N4O3/c1-15-8-16(2)22(29-5)20(9-15)23-24-6-7-27(23)17-10-18-14-30-19(13-26(18)12-17)11-21(28)25(3)4/h6-9,17-19H,10-14H2,1-5H3/t17-,18+,19+/m1/s1. The number of aromatic nitrogens is 2. The molecule has 0 aliphatic carbocycles. The van der Waals surface area contributed by atoms with Crippen LogP contribution >= 0.6 is 0 Å². The van der Waals surface area contributed by atoms with Crippen LogP contribution in [0, 0.1) is 13.8 Å². The Morgan fingerprint density at radius 1 is 1.27 bits per heavy atom. The second kappa shape index (κ2) is 8.40. The van der Waals surface area contributed by atoms with Gasteiger partial charge >= 0.3 is 0 Å². The largest absolute Gasteiger partial charge is 0.496 e. The zero-order valence-corrected chi connectivity index (χ0v) is 18.6. The predicted octanol–water partition coefficient (Wildman–Crippen LogP) is 2.67. The number of carbonyl (C=O) groups is 1. The minimum Gasteiger partial charge on any atom is -0.496 e. The molecule has 0 radical (unpaired) electrons. The van der Waals surface area contributed by atoms with Crippen molar-refractivity contribution in [1.29, 1.82) is 0 Å². The summed E-state index contributed by atoms with van der Waals surface area (Å²) in [5.41, 5.74) is 3.35. The maximum atomic E-state index is 12.1. The number of aryl methyl sites for hydroxylation is 2. The summed E-state index contributed by atoms with van der Waals surface area (Å²) < 4.78 is 14.0. The average molecular weight is 413 g/mol. The van der Waals surface area contributed by atoms with Gasteiger partial charge in [-0.2, -0.15) is 0 Å². The van der Waals surface area contributed by atoms with Gasteiger partial charge < -0.3 is 18.9 Å². The van der Waals surface area contributed by atoms with Crippen LogP contribution in [-0.2, 0) is 9.53 Å². The third-order valence-corrected chi connectivity index (χ3v) is 6.30. The lowest BCUT2D eigenvalue weighted by molar-refractivity contribution is -0.134. The fourth-order valence-electron chi connectivity index (χ4n) is 4.83. The molecule has 4 rings (SSSR count). The van der Waals surface area contributed by atoms with E-state index in [0.717, 1.165) is 42.2 Å². The van der Waals surface area contributed by atoms with E-state index in [1.807, 2.05) is 6.20 Å². The van der Waals surface area contributed by atoms with Gasteiger partial charge in [0.25, 0.3) is 0 Å². The van der Waals surface area contributed by atoms with Crippen LogP contribution in [0.15, 0.2) is 24.5 Å². The Labute approximate surface area is 178 Å². The van der Waals surface area contributed by atoms with Gasteiger partial charge in [0.2, 0.25) is 5.91 Å². The number of methoxy groups -OCH3 is 1. The smallest absolute Gasteiger partial charge is 0.224 e. The lowest BCUT2D eigenvalue weighted by Crippen LogP contribution is -2.47. The van der Waals surface area contributed by atoms with Gasteiger partial charge in [0, 0.05) is 51.7 Å². The van der Waals surface area contributed by atoms with E-state index in [0.29, 0.717) is 25.1 Å². The molecular weight excluding hydrogens is 380 g/mol. The van der Waals surface area contributed by atoms with Crippen molar-refractivity contribution in [2.45, 2.75) is 44.9 Å². The normalized spacial score (nSPS) is 24.0. The fraction of sp³-hybridized carbons (Fsp3) is 0.565. The van der Waals surface area contributed by atoms with Crippen LogP contribution in [0.3, 0.4) is 0 Å². The molecule has 2 saturated heterocycles. The van der Waals surface area contributed by atoms with Crippen LogP contribution in [0.25, 0.3) is 11.4 Å². The number of amides is 1. The SMILES string of the molecule is COc1c(C)cc(C)cc1-c1nccn1[C@@H]1C[C@H]2CO[C@@H](CC(=O)N(C)C)CN2C1. The number of rotatable bonds is 5. The minimum absolute atomic E-state index is 0.0309. The molecule has 2 aliphatic heterocycles. The molecule has 0 spiro atoms. The van der Waals surface area contributed by atoms with Crippen LogP contribution in [0.4, 0.5) is 0 Å². The molecule has 0 bridgehead atoms. The molecule has 3 atom stereocenters. The number of benzene rings is 1. The van der Waals surface area contributed by atoms with E-state index >= 15 is 0 Å². The van der Waals surface area contributed by atoms with Crippen molar-refractivity contribution in [2.75, 3.05) is 40.9 Å². The molecule has 7 nitrogen and oxygen atoms in total. The number of fused-ring (bicyclic) bond motifs is 1. The lowest BCUT2D eigenvalue weighted by atomic mass is 10.0. The van der Waals surface area contributed by atoms with Gasteiger partial charge in [0.15, 0.2) is 0 Å². The van der Waals surface area contributed by atoms with Crippen molar-refractivity contribution in [1.82, 2.24) is 19.4 Å². The van der Waals surface area contributed by atoms with Gasteiger partial charge in [-0.3, -0.25) is 9.69 Å². The van der Waals surface area contributed by atoms with Gasteiger partial charge in [-0.1, -0.05) is 6.07 Å². The zero-order chi connectivity index (χ0) is 21.4. The molecule has 3 heterocycles. The van der Waals surface area contributed by atoms with Crippen LogP contribution < -0.4 is 4.74 Å². The number of hydrogen-bond acceptors (Lipinski definition) is 5. The maximum Gasteiger partial charge on any atom is 0.224 e. The molecule has 2 aromatic rings. The molecule has 0 unspecified atom stereocenters. The molecule has 7 heteroatoms. The van der Waals surface area contributed by atoms with Crippen LogP contribution in [0.2, 0.25) is 0 Å². The molecular formula is C23H32N4O3. The molecule has 0 N–H and O–H groups in total. The number of imidazole rings is 1. The molecule has 0 saturated carbocycles. The molecule has 162 valence electrons. The highest BCUT2D eigenvalue weighted by Crippen LogP contribution is 2.38. The van der Waals surface area contributed by atoms with E-state index in [-0.39, 0.29) is 12.0 Å². The van der Waals surface area contributed by atoms with E-state index in [9.17, 15) is 4.79 Å². The summed E-state index contributed by atoms with van der Waals surface area (Å²) in [5, 5.41) is 0. The Morgan fingerprint density at radius 2 is 2.07 bits per heavy atom. The van der Waals surface area contributed by atoms with Crippen LogP contribution in [-0.4, -0.2) is 78.3 Å². The zero-order valence-electron chi connectivity index (χ0n) is 18.6. The Balaban J connectivity index is 1.53. The first kappa shape index (κ1) is 20.9. The topological polar surface area (TPSA) is 59.8 Å². The van der Waals surface area contributed by atoms with Gasteiger partial charge in [0.1, 0.15) is 11.6 Å². The molecule has 1 aromatic heterocycles. The van der Waals surface area contributed by atoms with Crippen molar-refractivity contribution in [2.24, 2.45) is 0 Å². The van der Waals surface area contributed by atoms with E-state index in [2.05, 4.69) is 41.6 Å². The summed E-state index contributed by atoms with van der Waals surface area (Å²) in [4.78, 5) is 20.9. The Kier molecular flexibility index (Phi) is 5.84. The molecule has 2 fully saturated rings. The van der Waals surface area contributed by atoms with E-state index in [4.69, 9.17) is 14.5 Å². The van der Waals surface area contributed by atoms with E-state index < -0.39 is 0 Å². The fourth-order valence-corrected chi connectivity index (χ4v) is 4.83. The van der Waals surface area contributed by atoms with Gasteiger partial charge in [-0.25, -0.2) is 4.98 Å². The molecule has 30 heavy (non-hydrogen) atoms. The number of nitrogens with zero attached hydrogens (tertiary/aromatic N) is 4. The van der Waals surface area contributed by atoms with Gasteiger partial charge in [0.05, 0.1) is 31.8 Å². The quantitative estimate of drug-likeness (QED) is 0.756. The van der Waals surface area contributed by atoms with Crippen molar-refractivity contribution < 1.29 is 14.3 Å². The predicted molar refractivity (Wildman–Crippen MR) is 116 cm³/mol. The third-order valence-electron chi connectivity index (χ3n) is 6.30. The monoisotopic (exact) mass is 412 g/mol. The second-order valence-corrected chi connectivity index (χ2v) is 8.77. The first-order valence-electron chi connectivity index (χ1n) is 10.6. The lowest BCUT2D eigenvalue weighted by Gasteiger charge is -2.35. The van der Waals surface area contributed by atoms with Crippen LogP contribution in [0.1, 0.15) is 30.0 Å². The third kappa shape index (κ3) is 3.96. The maximum absolute atomic E-state index is 12.1. The summed E-state index contributed by atoms with van der Waals surface area (Å²) in [6.45, 7) is 6.60. The second-order valence-electron chi connectivity index (χ2n) is 8.77. The van der Waals surface area contributed by atoms with Gasteiger partial charge in [-0.05, 0) is 37.5 Å². The highest BCUT2D eigenvalue weighted by Gasteiger charge is 2.39. The first-order chi connectivity index (χ1) is 14.4. The molecule has 2 aliphatic rings. The number of morpholine rings is 1. The Bertz CT molecular complexity index is 923. The Hall–Kier alpha value is -2.38. The molecule has 1 aromatic carbocycles. The van der Waals surface area contributed by atoms with E-state index in [1.165, 1.54) is 5.56 Å². The highest BCUT2D eigenvalue weighted by molar-refractivity contribution is 5.76. The van der Waals surface area contributed by atoms with Crippen LogP contribution in [0.5, 0.6) is 5.75 Å². The summed E-state index contributed by atoms with van der Waals surface area (Å²) in [5.74, 6) is 1.95. The summed E-state index contributed by atoms with van der Waals surface area (Å²) in [6.07, 6.45) is 5.38. The van der Waals surface area contributed by atoms with Crippen molar-refractivity contribution in [3.63, 3.8) is 0 Å². The average Bonchev–Trinajstić information content (AvgIpc) is 3.33. The number of carbonyl (C=O) groups excluding carboxylic acids is 1. The Morgan fingerprint density at radius 3 is 2.80 bits per heavy atom. The van der Waals surface area contributed by atoms with Gasteiger partial charge in [-0.15, -0.1) is 0 Å². The summed E-state index contributed by atoms with van der Waals surface area (Å²) >= 11 is 0. The van der Waals surface area contributed by atoms with Crippen molar-refractivity contribution >= 4 is 5.91 Å². The minimum atomic E-state index is -0.0309. The number of hydrogen-bond donors (Lipinski definition) is 0. The van der Waals surface area contributed by atoms with E-state index in [1.54, 1.807) is 26.1 Å². The molecule has 1 amide bonds. The van der Waals surface area contributed by atoms with Crippen molar-refractivity contribution in [3.05, 3.63) is 35.7 Å². The number of ether oxygens (including phenoxy) is 2. The first-order valence-corrected chi connectivity index (χ1v) is 10.6.